The highest BCUT2D eigenvalue weighted by atomic mass is 16.8. The Balaban J connectivity index is 1.26. The van der Waals surface area contributed by atoms with Crippen molar-refractivity contribution >= 4 is 11.9 Å². The number of esters is 2. The number of aryl methyl sites for hydroxylation is 1. The fourth-order valence-corrected chi connectivity index (χ4v) is 6.08. The molecule has 0 aromatic heterocycles. The molecule has 1 aliphatic carbocycles. The van der Waals surface area contributed by atoms with Crippen LogP contribution >= 0.6 is 0 Å². The number of benzene rings is 2. The van der Waals surface area contributed by atoms with E-state index in [4.69, 9.17) is 18.9 Å². The van der Waals surface area contributed by atoms with E-state index >= 15 is 0 Å². The molecular formula is C34H46O6. The number of ether oxygens (including phenoxy) is 4. The lowest BCUT2D eigenvalue weighted by Gasteiger charge is -2.28. The van der Waals surface area contributed by atoms with Gasteiger partial charge < -0.3 is 18.9 Å². The van der Waals surface area contributed by atoms with Crippen molar-refractivity contribution in [3.63, 3.8) is 0 Å². The molecule has 0 bridgehead atoms. The van der Waals surface area contributed by atoms with Gasteiger partial charge in [-0.25, -0.2) is 9.59 Å². The summed E-state index contributed by atoms with van der Waals surface area (Å²) in [4.78, 5) is 24.7. The maximum Gasteiger partial charge on any atom is 0.338 e. The lowest BCUT2D eigenvalue weighted by atomic mass is 9.78. The summed E-state index contributed by atoms with van der Waals surface area (Å²) < 4.78 is 21.8. The van der Waals surface area contributed by atoms with Gasteiger partial charge in [0.1, 0.15) is 0 Å². The predicted molar refractivity (Wildman–Crippen MR) is 156 cm³/mol. The van der Waals surface area contributed by atoms with Gasteiger partial charge in [-0.15, -0.1) is 0 Å². The van der Waals surface area contributed by atoms with E-state index in [-0.39, 0.29) is 13.2 Å². The Morgan fingerprint density at radius 1 is 0.700 bits per heavy atom. The Labute approximate surface area is 239 Å². The molecule has 6 nitrogen and oxygen atoms in total. The van der Waals surface area contributed by atoms with E-state index in [0.717, 1.165) is 34.9 Å². The number of hydrogen-bond acceptors (Lipinski definition) is 6. The molecule has 2 aromatic carbocycles. The minimum Gasteiger partial charge on any atom is -0.464 e. The molecule has 2 fully saturated rings. The molecule has 0 N–H and O–H groups in total. The molecule has 0 unspecified atom stereocenters. The zero-order valence-corrected chi connectivity index (χ0v) is 24.4. The summed E-state index contributed by atoms with van der Waals surface area (Å²) in [5.41, 5.74) is 4.33. The highest BCUT2D eigenvalue weighted by Crippen LogP contribution is 2.35. The molecule has 0 spiro atoms. The van der Waals surface area contributed by atoms with Crippen molar-refractivity contribution in [3.05, 3.63) is 59.7 Å². The second kappa shape index (κ2) is 15.3. The summed E-state index contributed by atoms with van der Waals surface area (Å²) in [6, 6.07) is 16.6. The minimum atomic E-state index is -1.16. The first-order valence-electron chi connectivity index (χ1n) is 15.4. The molecule has 0 amide bonds. The van der Waals surface area contributed by atoms with Crippen LogP contribution in [0.1, 0.15) is 96.0 Å². The van der Waals surface area contributed by atoms with E-state index in [1.807, 2.05) is 24.3 Å². The van der Waals surface area contributed by atoms with Crippen LogP contribution in [0.25, 0.3) is 11.1 Å². The predicted octanol–water partition coefficient (Wildman–Crippen LogP) is 7.58. The highest BCUT2D eigenvalue weighted by Gasteiger charge is 2.47. The second-order valence-electron chi connectivity index (χ2n) is 11.2. The summed E-state index contributed by atoms with van der Waals surface area (Å²) in [6.07, 6.45) is 10.5. The van der Waals surface area contributed by atoms with Crippen LogP contribution in [-0.4, -0.2) is 37.4 Å². The van der Waals surface area contributed by atoms with Crippen LogP contribution in [0.5, 0.6) is 0 Å². The summed E-state index contributed by atoms with van der Waals surface area (Å²) in [5, 5.41) is 0. The Morgan fingerprint density at radius 2 is 1.20 bits per heavy atom. The van der Waals surface area contributed by atoms with Gasteiger partial charge in [-0.05, 0) is 55.2 Å². The Bertz CT molecular complexity index is 1030. The summed E-state index contributed by atoms with van der Waals surface area (Å²) in [5.74, 6) is 0.682. The molecule has 1 saturated carbocycles. The lowest BCUT2D eigenvalue weighted by molar-refractivity contribution is -0.163. The molecule has 2 atom stereocenters. The van der Waals surface area contributed by atoms with Crippen LogP contribution in [0, 0.1) is 11.8 Å². The van der Waals surface area contributed by atoms with Crippen LogP contribution in [0.2, 0.25) is 0 Å². The van der Waals surface area contributed by atoms with Gasteiger partial charge >= 0.3 is 11.9 Å². The molecule has 2 aliphatic rings. The first-order chi connectivity index (χ1) is 19.5. The van der Waals surface area contributed by atoms with Crippen molar-refractivity contribution in [2.24, 2.45) is 11.8 Å². The molecule has 218 valence electrons. The number of carbonyl (C=O) groups is 2. The molecule has 4 rings (SSSR count). The van der Waals surface area contributed by atoms with Gasteiger partial charge in [0.25, 0.3) is 0 Å². The molecule has 1 saturated heterocycles. The number of rotatable bonds is 13. The van der Waals surface area contributed by atoms with Gasteiger partial charge in [0.05, 0.1) is 13.2 Å². The third-order valence-electron chi connectivity index (χ3n) is 8.31. The first-order valence-corrected chi connectivity index (χ1v) is 15.4. The van der Waals surface area contributed by atoms with Crippen LogP contribution in [-0.2, 0) is 35.0 Å². The lowest BCUT2D eigenvalue weighted by Crippen LogP contribution is -2.39. The van der Waals surface area contributed by atoms with Crippen LogP contribution in [0.15, 0.2) is 48.5 Å². The van der Waals surface area contributed by atoms with Crippen LogP contribution in [0.4, 0.5) is 0 Å². The van der Waals surface area contributed by atoms with Crippen molar-refractivity contribution in [3.8, 4) is 11.1 Å². The Hall–Kier alpha value is -2.70. The molecule has 0 radical (unpaired) electrons. The number of hydrogen-bond donors (Lipinski definition) is 0. The average molecular weight is 551 g/mol. The molecule has 6 heteroatoms. The van der Waals surface area contributed by atoms with Gasteiger partial charge in [-0.1, -0.05) is 107 Å². The maximum absolute atomic E-state index is 12.4. The first kappa shape index (κ1) is 30.3. The van der Waals surface area contributed by atoms with Crippen molar-refractivity contribution in [2.45, 2.75) is 103 Å². The zero-order valence-electron chi connectivity index (χ0n) is 24.4. The second-order valence-corrected chi connectivity index (χ2v) is 11.2. The van der Waals surface area contributed by atoms with Crippen LogP contribution < -0.4 is 0 Å². The molecular weight excluding hydrogens is 504 g/mol. The smallest absolute Gasteiger partial charge is 0.338 e. The van der Waals surface area contributed by atoms with Crippen molar-refractivity contribution in [1.29, 1.82) is 0 Å². The largest absolute Gasteiger partial charge is 0.464 e. The van der Waals surface area contributed by atoms with Crippen molar-refractivity contribution < 1.29 is 28.5 Å². The van der Waals surface area contributed by atoms with Gasteiger partial charge in [0.15, 0.2) is 18.5 Å². The maximum atomic E-state index is 12.4. The molecule has 1 aliphatic heterocycles. The topological polar surface area (TPSA) is 71.1 Å². The standard InChI is InChI=1S/C34H46O6/c1-4-9-24-12-14-25(15-13-24)10-7-8-11-26-16-18-27(19-17-26)28-20-22-29(23-21-28)34-39-30(32(35)37-5-2)31(40-34)33(36)38-6-3/h16-25,30-31,34H,4-15H2,1-3H3/t24?,25?,30-,31-/m1/s1. The number of unbranched alkanes of at least 4 members (excludes halogenated alkanes) is 1. The zero-order chi connectivity index (χ0) is 28.3. The molecule has 1 heterocycles. The van der Waals surface area contributed by atoms with E-state index in [9.17, 15) is 9.59 Å². The SMILES string of the molecule is CCCC1CCC(CCCCc2ccc(-c3ccc(C4O[C@@H](C(=O)OCC)[C@H](C(=O)OCC)O4)cc3)cc2)CC1. The monoisotopic (exact) mass is 550 g/mol. The third-order valence-corrected chi connectivity index (χ3v) is 8.31. The quantitative estimate of drug-likeness (QED) is 0.189. The van der Waals surface area contributed by atoms with E-state index in [1.54, 1.807) is 13.8 Å². The average Bonchev–Trinajstić information content (AvgIpc) is 3.43. The molecule has 40 heavy (non-hydrogen) atoms. The fraction of sp³-hybridized carbons (Fsp3) is 0.588. The normalized spacial score (nSPS) is 23.2. The van der Waals surface area contributed by atoms with Crippen molar-refractivity contribution in [2.75, 3.05) is 13.2 Å². The third kappa shape index (κ3) is 8.17. The van der Waals surface area contributed by atoms with Crippen molar-refractivity contribution in [1.82, 2.24) is 0 Å². The van der Waals surface area contributed by atoms with Crippen LogP contribution in [0.3, 0.4) is 0 Å². The van der Waals surface area contributed by atoms with Gasteiger partial charge in [0, 0.05) is 5.56 Å². The van der Waals surface area contributed by atoms with E-state index in [2.05, 4.69) is 31.2 Å². The fourth-order valence-electron chi connectivity index (χ4n) is 6.08. The van der Waals surface area contributed by atoms with Gasteiger partial charge in [0.2, 0.25) is 0 Å². The van der Waals surface area contributed by atoms with E-state index in [1.165, 1.54) is 63.4 Å². The van der Waals surface area contributed by atoms with E-state index in [0.29, 0.717) is 0 Å². The minimum absolute atomic E-state index is 0.187. The van der Waals surface area contributed by atoms with Gasteiger partial charge in [-0.3, -0.25) is 0 Å². The van der Waals surface area contributed by atoms with E-state index < -0.39 is 30.4 Å². The van der Waals surface area contributed by atoms with Gasteiger partial charge in [-0.2, -0.15) is 0 Å². The summed E-state index contributed by atoms with van der Waals surface area (Å²) in [6.45, 7) is 6.09. The Kier molecular flexibility index (Phi) is 11.6. The summed E-state index contributed by atoms with van der Waals surface area (Å²) in [7, 11) is 0. The summed E-state index contributed by atoms with van der Waals surface area (Å²) >= 11 is 0. The highest BCUT2D eigenvalue weighted by molar-refractivity contribution is 5.86. The molecule has 2 aromatic rings. The Morgan fingerprint density at radius 3 is 1.70 bits per heavy atom. The number of carbonyl (C=O) groups excluding carboxylic acids is 2.